The summed E-state index contributed by atoms with van der Waals surface area (Å²) in [4.78, 5) is 29.6. The molecule has 0 heterocycles. The third kappa shape index (κ3) is 8.48. The van der Waals surface area contributed by atoms with Crippen LogP contribution < -0.4 is 14.4 Å². The summed E-state index contributed by atoms with van der Waals surface area (Å²) in [7, 11) is -2.86. The summed E-state index contributed by atoms with van der Waals surface area (Å²) in [5.41, 5.74) is 1.20. The molecule has 0 unspecified atom stereocenters. The molecule has 0 aliphatic carbocycles. The van der Waals surface area contributed by atoms with E-state index in [0.717, 1.165) is 15.9 Å². The van der Waals surface area contributed by atoms with Gasteiger partial charge in [0.05, 0.1) is 17.7 Å². The number of benzene rings is 4. The minimum Gasteiger partial charge on any atom is -0.497 e. The number of para-hydroxylation sites is 1. The summed E-state index contributed by atoms with van der Waals surface area (Å²) in [5, 5.41) is 2.99. The zero-order valence-corrected chi connectivity index (χ0v) is 26.4. The van der Waals surface area contributed by atoms with Crippen molar-refractivity contribution in [3.63, 3.8) is 0 Å². The van der Waals surface area contributed by atoms with Gasteiger partial charge in [-0.05, 0) is 60.9 Å². The van der Waals surface area contributed by atoms with Crippen molar-refractivity contribution in [1.29, 1.82) is 0 Å². The summed E-state index contributed by atoms with van der Waals surface area (Å²) in [5.74, 6) is -1.31. The van der Waals surface area contributed by atoms with Crippen LogP contribution in [0, 0.1) is 5.82 Å². The maximum Gasteiger partial charge on any atom is 0.264 e. The number of carbonyl (C=O) groups excluding carboxylic acids is 2. The number of anilines is 1. The molecule has 4 aromatic rings. The second-order valence-electron chi connectivity index (χ2n) is 10.7. The van der Waals surface area contributed by atoms with E-state index in [4.69, 9.17) is 4.74 Å². The number of halogens is 1. The Kier molecular flexibility index (Phi) is 11.3. The number of methoxy groups -OCH3 is 1. The number of sulfonamides is 1. The van der Waals surface area contributed by atoms with E-state index >= 15 is 4.39 Å². The van der Waals surface area contributed by atoms with Gasteiger partial charge in [-0.2, -0.15) is 0 Å². The monoisotopic (exact) mass is 631 g/mol. The van der Waals surface area contributed by atoms with E-state index in [-0.39, 0.29) is 35.5 Å². The van der Waals surface area contributed by atoms with Crippen molar-refractivity contribution in [2.75, 3.05) is 18.0 Å². The number of ether oxygens (including phenoxy) is 1. The Morgan fingerprint density at radius 3 is 2.13 bits per heavy atom. The molecule has 8 nitrogen and oxygen atoms in total. The third-order valence-corrected chi connectivity index (χ3v) is 9.26. The minimum atomic E-state index is -4.39. The van der Waals surface area contributed by atoms with Crippen LogP contribution in [-0.2, 0) is 32.6 Å². The largest absolute Gasteiger partial charge is 0.497 e. The highest BCUT2D eigenvalue weighted by Crippen LogP contribution is 2.27. The molecule has 45 heavy (non-hydrogen) atoms. The zero-order valence-electron chi connectivity index (χ0n) is 25.6. The van der Waals surface area contributed by atoms with Gasteiger partial charge in [-0.1, -0.05) is 79.7 Å². The molecule has 10 heteroatoms. The lowest BCUT2D eigenvalue weighted by Gasteiger charge is -2.34. The van der Waals surface area contributed by atoms with Gasteiger partial charge in [0.2, 0.25) is 11.8 Å². The minimum absolute atomic E-state index is 0.0298. The Hall–Kier alpha value is -4.70. The van der Waals surface area contributed by atoms with E-state index in [9.17, 15) is 18.0 Å². The SMILES string of the molecule is CC[C@@H](C)NC(=O)[C@@H](Cc1ccccc1)N(Cc1cccc(OC)c1)C(=O)CN(c1ccccc1F)S(=O)(=O)c1ccccc1. The van der Waals surface area contributed by atoms with Crippen LogP contribution in [0.4, 0.5) is 10.1 Å². The lowest BCUT2D eigenvalue weighted by Crippen LogP contribution is -2.54. The van der Waals surface area contributed by atoms with E-state index in [0.29, 0.717) is 17.7 Å². The van der Waals surface area contributed by atoms with Gasteiger partial charge < -0.3 is 15.0 Å². The number of rotatable bonds is 14. The van der Waals surface area contributed by atoms with E-state index in [1.54, 1.807) is 42.5 Å². The zero-order chi connectivity index (χ0) is 32.4. The first-order valence-corrected chi connectivity index (χ1v) is 16.2. The van der Waals surface area contributed by atoms with Gasteiger partial charge in [0.15, 0.2) is 0 Å². The van der Waals surface area contributed by atoms with Crippen molar-refractivity contribution in [1.82, 2.24) is 10.2 Å². The highest BCUT2D eigenvalue weighted by molar-refractivity contribution is 7.92. The average Bonchev–Trinajstić information content (AvgIpc) is 3.06. The standard InChI is InChI=1S/C35H38FN3O5S/c1-4-26(2)37-35(41)33(23-27-14-7-5-8-15-27)38(24-28-16-13-17-29(22-28)44-3)34(40)25-39(32-21-12-11-20-31(32)36)45(42,43)30-18-9-6-10-19-30/h5-22,26,33H,4,23-25H2,1-3H3,(H,37,41)/t26-,33-/m1/s1. The molecule has 0 aromatic heterocycles. The number of nitrogens with zero attached hydrogens (tertiary/aromatic N) is 2. The maximum absolute atomic E-state index is 15.2. The molecule has 0 aliphatic rings. The molecule has 236 valence electrons. The van der Waals surface area contributed by atoms with Gasteiger partial charge in [-0.25, -0.2) is 12.8 Å². The lowest BCUT2D eigenvalue weighted by atomic mass is 10.0. The maximum atomic E-state index is 15.2. The second-order valence-corrected chi connectivity index (χ2v) is 12.5. The molecule has 0 bridgehead atoms. The molecule has 2 amide bonds. The van der Waals surface area contributed by atoms with Crippen LogP contribution >= 0.6 is 0 Å². The molecule has 0 saturated carbocycles. The summed E-state index contributed by atoms with van der Waals surface area (Å²) in [6, 6.07) is 28.1. The van der Waals surface area contributed by atoms with Gasteiger partial charge in [0, 0.05) is 19.0 Å². The fourth-order valence-electron chi connectivity index (χ4n) is 4.85. The van der Waals surface area contributed by atoms with Crippen LogP contribution in [0.15, 0.2) is 114 Å². The lowest BCUT2D eigenvalue weighted by molar-refractivity contribution is -0.140. The van der Waals surface area contributed by atoms with Crippen molar-refractivity contribution in [3.8, 4) is 5.75 Å². The van der Waals surface area contributed by atoms with Crippen molar-refractivity contribution < 1.29 is 27.1 Å². The highest BCUT2D eigenvalue weighted by Gasteiger charge is 2.35. The van der Waals surface area contributed by atoms with Gasteiger partial charge in [-0.15, -0.1) is 0 Å². The fraction of sp³-hybridized carbons (Fsp3) is 0.257. The van der Waals surface area contributed by atoms with Crippen molar-refractivity contribution in [2.45, 2.75) is 50.2 Å². The van der Waals surface area contributed by atoms with Crippen molar-refractivity contribution in [3.05, 3.63) is 126 Å². The smallest absolute Gasteiger partial charge is 0.264 e. The van der Waals surface area contributed by atoms with Gasteiger partial charge in [-0.3, -0.25) is 13.9 Å². The van der Waals surface area contributed by atoms with Crippen LogP contribution in [0.25, 0.3) is 0 Å². The Labute approximate surface area is 264 Å². The quantitative estimate of drug-likeness (QED) is 0.196. The summed E-state index contributed by atoms with van der Waals surface area (Å²) in [6.07, 6.45) is 0.841. The van der Waals surface area contributed by atoms with E-state index in [1.807, 2.05) is 44.2 Å². The summed E-state index contributed by atoms with van der Waals surface area (Å²) < 4.78 is 49.3. The molecule has 0 radical (unpaired) electrons. The van der Waals surface area contributed by atoms with Crippen LogP contribution in [0.1, 0.15) is 31.4 Å². The fourth-order valence-corrected chi connectivity index (χ4v) is 6.29. The van der Waals surface area contributed by atoms with Crippen molar-refractivity contribution in [2.24, 2.45) is 0 Å². The summed E-state index contributed by atoms with van der Waals surface area (Å²) >= 11 is 0. The first-order valence-electron chi connectivity index (χ1n) is 14.7. The molecular formula is C35H38FN3O5S. The number of amides is 2. The van der Waals surface area contributed by atoms with Gasteiger partial charge in [0.1, 0.15) is 24.2 Å². The topological polar surface area (TPSA) is 96.0 Å². The van der Waals surface area contributed by atoms with Crippen LogP contribution in [0.2, 0.25) is 0 Å². The Morgan fingerprint density at radius 1 is 0.867 bits per heavy atom. The van der Waals surface area contributed by atoms with Crippen LogP contribution in [0.3, 0.4) is 0 Å². The Balaban J connectivity index is 1.82. The van der Waals surface area contributed by atoms with Gasteiger partial charge in [0.25, 0.3) is 10.0 Å². The summed E-state index contributed by atoms with van der Waals surface area (Å²) in [6.45, 7) is 3.04. The van der Waals surface area contributed by atoms with E-state index in [2.05, 4.69) is 5.32 Å². The number of carbonyl (C=O) groups is 2. The average molecular weight is 632 g/mol. The molecule has 0 saturated heterocycles. The predicted molar refractivity (Wildman–Crippen MR) is 173 cm³/mol. The molecule has 2 atom stereocenters. The number of hydrogen-bond acceptors (Lipinski definition) is 5. The van der Waals surface area contributed by atoms with E-state index in [1.165, 1.54) is 42.3 Å². The molecule has 0 spiro atoms. The molecule has 4 rings (SSSR count). The highest BCUT2D eigenvalue weighted by atomic mass is 32.2. The normalized spacial score (nSPS) is 12.5. The first kappa shape index (κ1) is 33.2. The van der Waals surface area contributed by atoms with Gasteiger partial charge >= 0.3 is 0 Å². The molecule has 0 aliphatic heterocycles. The number of hydrogen-bond donors (Lipinski definition) is 1. The molecule has 4 aromatic carbocycles. The Bertz CT molecular complexity index is 1690. The van der Waals surface area contributed by atoms with E-state index < -0.39 is 34.3 Å². The predicted octanol–water partition coefficient (Wildman–Crippen LogP) is 5.58. The second kappa shape index (κ2) is 15.3. The Morgan fingerprint density at radius 2 is 1.49 bits per heavy atom. The van der Waals surface area contributed by atoms with Crippen LogP contribution in [0.5, 0.6) is 5.75 Å². The number of nitrogens with one attached hydrogen (secondary N) is 1. The first-order chi connectivity index (χ1) is 21.6. The molecule has 0 fully saturated rings. The van der Waals surface area contributed by atoms with Crippen molar-refractivity contribution >= 4 is 27.5 Å². The molecular weight excluding hydrogens is 593 g/mol. The third-order valence-electron chi connectivity index (χ3n) is 7.49. The molecule has 1 N–H and O–H groups in total. The van der Waals surface area contributed by atoms with Crippen LogP contribution in [-0.4, -0.2) is 50.9 Å².